The Hall–Kier alpha value is -3.09. The number of aromatic carboxylic acids is 1. The van der Waals surface area contributed by atoms with Gasteiger partial charge in [0, 0.05) is 0 Å². The highest BCUT2D eigenvalue weighted by molar-refractivity contribution is 5.93. The molecule has 0 unspecified atom stereocenters. The van der Waals surface area contributed by atoms with Crippen LogP contribution in [0.25, 0.3) is 0 Å². The number of carboxylic acids is 1. The number of pyridine rings is 1. The van der Waals surface area contributed by atoms with Crippen LogP contribution >= 0.6 is 0 Å². The monoisotopic (exact) mass is 302 g/mol. The SMILES string of the molecule is COc1ncc(NC(=O)OCc2ccccc2)cc1C(=O)O. The molecule has 0 saturated carbocycles. The van der Waals surface area contributed by atoms with Gasteiger partial charge in [0.05, 0.1) is 19.0 Å². The van der Waals surface area contributed by atoms with Gasteiger partial charge in [-0.1, -0.05) is 30.3 Å². The van der Waals surface area contributed by atoms with Crippen LogP contribution in [-0.4, -0.2) is 29.3 Å². The Labute approximate surface area is 126 Å². The molecular formula is C15H14N2O5. The van der Waals surface area contributed by atoms with Crippen LogP contribution in [0.1, 0.15) is 15.9 Å². The number of carbonyl (C=O) groups excluding carboxylic acids is 1. The molecule has 0 aliphatic carbocycles. The third-order valence-electron chi connectivity index (χ3n) is 2.73. The Morgan fingerprint density at radius 1 is 1.27 bits per heavy atom. The molecule has 114 valence electrons. The Morgan fingerprint density at radius 2 is 2.00 bits per heavy atom. The van der Waals surface area contributed by atoms with E-state index in [0.717, 1.165) is 5.56 Å². The van der Waals surface area contributed by atoms with Gasteiger partial charge in [-0.25, -0.2) is 14.6 Å². The second-order valence-corrected chi connectivity index (χ2v) is 4.27. The first-order chi connectivity index (χ1) is 10.6. The maximum Gasteiger partial charge on any atom is 0.412 e. The number of ether oxygens (including phenoxy) is 2. The normalized spacial score (nSPS) is 9.86. The molecule has 0 spiro atoms. The Balaban J connectivity index is 1.99. The number of rotatable bonds is 5. The van der Waals surface area contributed by atoms with E-state index in [9.17, 15) is 9.59 Å². The molecule has 0 aliphatic rings. The summed E-state index contributed by atoms with van der Waals surface area (Å²) in [6.45, 7) is 0.113. The molecular weight excluding hydrogens is 288 g/mol. The Morgan fingerprint density at radius 3 is 2.64 bits per heavy atom. The highest BCUT2D eigenvalue weighted by Crippen LogP contribution is 2.19. The first-order valence-electron chi connectivity index (χ1n) is 6.35. The smallest absolute Gasteiger partial charge is 0.412 e. The number of carboxylic acid groups (broad SMARTS) is 1. The molecule has 2 N–H and O–H groups in total. The van der Waals surface area contributed by atoms with Gasteiger partial charge >= 0.3 is 12.1 Å². The Bertz CT molecular complexity index is 673. The molecule has 1 heterocycles. The molecule has 22 heavy (non-hydrogen) atoms. The third kappa shape index (κ3) is 3.95. The number of anilines is 1. The van der Waals surface area contributed by atoms with Gasteiger partial charge in [-0.15, -0.1) is 0 Å². The highest BCUT2D eigenvalue weighted by atomic mass is 16.5. The van der Waals surface area contributed by atoms with E-state index in [1.165, 1.54) is 19.4 Å². The lowest BCUT2D eigenvalue weighted by Gasteiger charge is -2.09. The third-order valence-corrected chi connectivity index (χ3v) is 2.73. The lowest BCUT2D eigenvalue weighted by Crippen LogP contribution is -2.14. The van der Waals surface area contributed by atoms with Crippen molar-refractivity contribution in [3.05, 3.63) is 53.7 Å². The molecule has 0 radical (unpaired) electrons. The summed E-state index contributed by atoms with van der Waals surface area (Å²) in [5, 5.41) is 11.5. The number of amides is 1. The van der Waals surface area contributed by atoms with Crippen molar-refractivity contribution in [3.63, 3.8) is 0 Å². The molecule has 1 aromatic carbocycles. The summed E-state index contributed by atoms with van der Waals surface area (Å²) in [4.78, 5) is 26.6. The number of benzene rings is 1. The van der Waals surface area contributed by atoms with E-state index in [1.54, 1.807) is 0 Å². The van der Waals surface area contributed by atoms with Crippen molar-refractivity contribution in [2.75, 3.05) is 12.4 Å². The Kier molecular flexibility index (Phi) is 4.92. The van der Waals surface area contributed by atoms with E-state index in [1.807, 2.05) is 30.3 Å². The van der Waals surface area contributed by atoms with E-state index < -0.39 is 12.1 Å². The predicted molar refractivity (Wildman–Crippen MR) is 78.0 cm³/mol. The van der Waals surface area contributed by atoms with E-state index >= 15 is 0 Å². The van der Waals surface area contributed by atoms with Gasteiger partial charge < -0.3 is 14.6 Å². The molecule has 0 saturated heterocycles. The number of aromatic nitrogens is 1. The molecule has 0 atom stereocenters. The van der Waals surface area contributed by atoms with Crippen molar-refractivity contribution in [1.82, 2.24) is 4.98 Å². The standard InChI is InChI=1S/C15H14N2O5/c1-21-13-12(14(18)19)7-11(8-16-13)17-15(20)22-9-10-5-3-2-4-6-10/h2-8H,9H2,1H3,(H,17,20)(H,18,19). The van der Waals surface area contributed by atoms with Gasteiger partial charge in [-0.2, -0.15) is 0 Å². The van der Waals surface area contributed by atoms with Crippen molar-refractivity contribution >= 4 is 17.7 Å². The maximum atomic E-state index is 11.7. The van der Waals surface area contributed by atoms with E-state index in [4.69, 9.17) is 14.6 Å². The molecule has 2 aromatic rings. The summed E-state index contributed by atoms with van der Waals surface area (Å²) < 4.78 is 9.87. The lowest BCUT2D eigenvalue weighted by molar-refractivity contribution is 0.0692. The van der Waals surface area contributed by atoms with Gasteiger partial charge in [-0.05, 0) is 11.6 Å². The summed E-state index contributed by atoms with van der Waals surface area (Å²) in [6, 6.07) is 10.4. The van der Waals surface area contributed by atoms with Crippen LogP contribution in [-0.2, 0) is 11.3 Å². The summed E-state index contributed by atoms with van der Waals surface area (Å²) in [5.41, 5.74) is 0.899. The highest BCUT2D eigenvalue weighted by Gasteiger charge is 2.14. The molecule has 0 fully saturated rings. The minimum absolute atomic E-state index is 0.0318. The minimum Gasteiger partial charge on any atom is -0.480 e. The molecule has 7 nitrogen and oxygen atoms in total. The molecule has 7 heteroatoms. The van der Waals surface area contributed by atoms with Gasteiger partial charge in [-0.3, -0.25) is 5.32 Å². The molecule has 1 amide bonds. The van der Waals surface area contributed by atoms with Gasteiger partial charge in [0.2, 0.25) is 5.88 Å². The molecule has 1 aromatic heterocycles. The fourth-order valence-corrected chi connectivity index (χ4v) is 1.71. The average Bonchev–Trinajstić information content (AvgIpc) is 2.54. The van der Waals surface area contributed by atoms with Gasteiger partial charge in [0.25, 0.3) is 0 Å². The van der Waals surface area contributed by atoms with E-state index in [2.05, 4.69) is 10.3 Å². The number of carbonyl (C=O) groups is 2. The first kappa shape index (κ1) is 15.3. The van der Waals surface area contributed by atoms with E-state index in [0.29, 0.717) is 0 Å². The second kappa shape index (κ2) is 7.07. The fraction of sp³-hybridized carbons (Fsp3) is 0.133. The quantitative estimate of drug-likeness (QED) is 0.880. The van der Waals surface area contributed by atoms with Crippen LogP contribution in [0.2, 0.25) is 0 Å². The van der Waals surface area contributed by atoms with Crippen LogP contribution in [0.3, 0.4) is 0 Å². The van der Waals surface area contributed by atoms with Crippen LogP contribution in [0, 0.1) is 0 Å². The van der Waals surface area contributed by atoms with Gasteiger partial charge in [0.15, 0.2) is 0 Å². The zero-order chi connectivity index (χ0) is 15.9. The van der Waals surface area contributed by atoms with Crippen molar-refractivity contribution < 1.29 is 24.2 Å². The summed E-state index contributed by atoms with van der Waals surface area (Å²) in [7, 11) is 1.32. The zero-order valence-electron chi connectivity index (χ0n) is 11.8. The van der Waals surface area contributed by atoms with E-state index in [-0.39, 0.29) is 23.7 Å². The van der Waals surface area contributed by atoms with Gasteiger partial charge in [0.1, 0.15) is 12.2 Å². The number of hydrogen-bond donors (Lipinski definition) is 2. The number of nitrogens with one attached hydrogen (secondary N) is 1. The van der Waals surface area contributed by atoms with Crippen molar-refractivity contribution in [2.45, 2.75) is 6.61 Å². The van der Waals surface area contributed by atoms with Crippen LogP contribution < -0.4 is 10.1 Å². The molecule has 2 rings (SSSR count). The first-order valence-corrected chi connectivity index (χ1v) is 6.35. The van der Waals surface area contributed by atoms with Crippen LogP contribution in [0.15, 0.2) is 42.6 Å². The van der Waals surface area contributed by atoms with Crippen molar-refractivity contribution in [3.8, 4) is 5.88 Å². The summed E-state index contributed by atoms with van der Waals surface area (Å²) in [5.74, 6) is -1.23. The predicted octanol–water partition coefficient (Wildman–Crippen LogP) is 2.54. The average molecular weight is 302 g/mol. The number of methoxy groups -OCH3 is 1. The number of hydrogen-bond acceptors (Lipinski definition) is 5. The molecule has 0 aliphatic heterocycles. The van der Waals surface area contributed by atoms with Crippen LogP contribution in [0.5, 0.6) is 5.88 Å². The summed E-state index contributed by atoms with van der Waals surface area (Å²) >= 11 is 0. The molecule has 0 bridgehead atoms. The lowest BCUT2D eigenvalue weighted by atomic mass is 10.2. The number of nitrogens with zero attached hydrogens (tertiary/aromatic N) is 1. The van der Waals surface area contributed by atoms with Crippen molar-refractivity contribution in [1.29, 1.82) is 0 Å². The van der Waals surface area contributed by atoms with Crippen LogP contribution in [0.4, 0.5) is 10.5 Å². The maximum absolute atomic E-state index is 11.7. The summed E-state index contributed by atoms with van der Waals surface area (Å²) in [6.07, 6.45) is 0.585. The zero-order valence-corrected chi connectivity index (χ0v) is 11.8. The topological polar surface area (TPSA) is 97.8 Å². The largest absolute Gasteiger partial charge is 0.480 e. The minimum atomic E-state index is -1.20. The van der Waals surface area contributed by atoms with Crippen molar-refractivity contribution in [2.24, 2.45) is 0 Å². The fourth-order valence-electron chi connectivity index (χ4n) is 1.71. The second-order valence-electron chi connectivity index (χ2n) is 4.27.